The second kappa shape index (κ2) is 8.46. The van der Waals surface area contributed by atoms with Crippen LogP contribution in [0.2, 0.25) is 5.02 Å². The van der Waals surface area contributed by atoms with Crippen molar-refractivity contribution in [1.29, 1.82) is 0 Å². The molecule has 1 aromatic carbocycles. The number of fused-ring (bicyclic) bond motifs is 1. The third-order valence-electron chi connectivity index (χ3n) is 5.81. The largest absolute Gasteiger partial charge is 0.373 e. The maximum atomic E-state index is 12.9. The van der Waals surface area contributed by atoms with Gasteiger partial charge in [0.05, 0.1) is 24.4 Å². The number of amides is 1. The number of nitrogens with one attached hydrogen (secondary N) is 1. The number of imidazole rings is 1. The number of aromatic nitrogens is 2. The van der Waals surface area contributed by atoms with E-state index < -0.39 is 0 Å². The van der Waals surface area contributed by atoms with E-state index >= 15 is 0 Å². The molecule has 3 heterocycles. The van der Waals surface area contributed by atoms with E-state index in [0.29, 0.717) is 23.9 Å². The van der Waals surface area contributed by atoms with Crippen molar-refractivity contribution in [3.8, 4) is 0 Å². The summed E-state index contributed by atoms with van der Waals surface area (Å²) in [5.41, 5.74) is 1.59. The van der Waals surface area contributed by atoms with Gasteiger partial charge < -0.3 is 14.6 Å². The lowest BCUT2D eigenvalue weighted by molar-refractivity contribution is -0.0972. The Kier molecular flexibility index (Phi) is 5.95. The van der Waals surface area contributed by atoms with Gasteiger partial charge in [0, 0.05) is 37.6 Å². The molecule has 7 heteroatoms. The Labute approximate surface area is 177 Å². The summed E-state index contributed by atoms with van der Waals surface area (Å²) in [6.07, 6.45) is 4.90. The van der Waals surface area contributed by atoms with Gasteiger partial charge in [-0.3, -0.25) is 9.69 Å². The standard InChI is InChI=1S/C22H29ClN4O2/c1-22(2)15-26(11-12-29-22)18(16-6-8-17(23)9-7-16)13-25-21(28)19-14-24-20-5-3-4-10-27(19)20/h6-9,14,18H,3-5,10-13,15H2,1-2H3,(H,25,28). The van der Waals surface area contributed by atoms with Gasteiger partial charge in [-0.05, 0) is 44.4 Å². The molecule has 6 nitrogen and oxygen atoms in total. The molecule has 4 rings (SSSR count). The number of aryl methyl sites for hydroxylation is 1. The highest BCUT2D eigenvalue weighted by atomic mass is 35.5. The lowest BCUT2D eigenvalue weighted by atomic mass is 10.0. The molecule has 1 unspecified atom stereocenters. The number of morpholine rings is 1. The van der Waals surface area contributed by atoms with E-state index in [1.54, 1.807) is 6.20 Å². The summed E-state index contributed by atoms with van der Waals surface area (Å²) in [6.45, 7) is 7.92. The molecule has 29 heavy (non-hydrogen) atoms. The highest BCUT2D eigenvalue weighted by Crippen LogP contribution is 2.27. The van der Waals surface area contributed by atoms with E-state index in [0.717, 1.165) is 50.3 Å². The highest BCUT2D eigenvalue weighted by Gasteiger charge is 2.32. The smallest absolute Gasteiger partial charge is 0.269 e. The van der Waals surface area contributed by atoms with E-state index in [4.69, 9.17) is 16.3 Å². The van der Waals surface area contributed by atoms with E-state index in [1.807, 2.05) is 24.3 Å². The van der Waals surface area contributed by atoms with Crippen molar-refractivity contribution in [2.45, 2.75) is 51.3 Å². The molecule has 1 fully saturated rings. The molecular weight excluding hydrogens is 388 g/mol. The van der Waals surface area contributed by atoms with Crippen molar-refractivity contribution in [3.05, 3.63) is 52.6 Å². The van der Waals surface area contributed by atoms with Gasteiger partial charge in [-0.25, -0.2) is 4.98 Å². The average Bonchev–Trinajstić information content (AvgIpc) is 3.13. The molecule has 1 N–H and O–H groups in total. The van der Waals surface area contributed by atoms with Gasteiger partial charge in [0.15, 0.2) is 0 Å². The van der Waals surface area contributed by atoms with Crippen molar-refractivity contribution in [3.63, 3.8) is 0 Å². The van der Waals surface area contributed by atoms with Crippen LogP contribution in [-0.4, -0.2) is 52.2 Å². The minimum Gasteiger partial charge on any atom is -0.373 e. The molecular formula is C22H29ClN4O2. The van der Waals surface area contributed by atoms with Gasteiger partial charge in [0.2, 0.25) is 0 Å². The van der Waals surface area contributed by atoms with Crippen LogP contribution in [0.25, 0.3) is 0 Å². The number of carbonyl (C=O) groups is 1. The molecule has 2 aliphatic heterocycles. The Morgan fingerprint density at radius 2 is 2.07 bits per heavy atom. The van der Waals surface area contributed by atoms with Gasteiger partial charge in [-0.15, -0.1) is 0 Å². The van der Waals surface area contributed by atoms with Crippen LogP contribution >= 0.6 is 11.6 Å². The Hall–Kier alpha value is -1.89. The van der Waals surface area contributed by atoms with Gasteiger partial charge in [-0.2, -0.15) is 0 Å². The summed E-state index contributed by atoms with van der Waals surface area (Å²) in [6, 6.07) is 7.96. The molecule has 2 aliphatic rings. The molecule has 0 spiro atoms. The highest BCUT2D eigenvalue weighted by molar-refractivity contribution is 6.30. The minimum atomic E-state index is -0.211. The van der Waals surface area contributed by atoms with Crippen molar-refractivity contribution >= 4 is 17.5 Å². The fourth-order valence-corrected chi connectivity index (χ4v) is 4.46. The fraction of sp³-hybridized carbons (Fsp3) is 0.545. The first kappa shape index (κ1) is 20.4. The van der Waals surface area contributed by atoms with E-state index in [2.05, 4.69) is 33.6 Å². The molecule has 0 bridgehead atoms. The first-order valence-electron chi connectivity index (χ1n) is 10.4. The molecule has 0 radical (unpaired) electrons. The minimum absolute atomic E-state index is 0.0582. The molecule has 0 aliphatic carbocycles. The second-order valence-corrected chi connectivity index (χ2v) is 8.96. The zero-order valence-electron chi connectivity index (χ0n) is 17.2. The third kappa shape index (κ3) is 4.65. The molecule has 1 aromatic heterocycles. The van der Waals surface area contributed by atoms with E-state index in [-0.39, 0.29) is 17.6 Å². The van der Waals surface area contributed by atoms with Crippen LogP contribution in [0, 0.1) is 0 Å². The van der Waals surface area contributed by atoms with Crippen LogP contribution in [0.4, 0.5) is 0 Å². The summed E-state index contributed by atoms with van der Waals surface area (Å²) in [5.74, 6) is 0.961. The maximum Gasteiger partial charge on any atom is 0.269 e. The average molecular weight is 417 g/mol. The number of hydrogen-bond acceptors (Lipinski definition) is 4. The van der Waals surface area contributed by atoms with Crippen molar-refractivity contribution in [1.82, 2.24) is 19.8 Å². The van der Waals surface area contributed by atoms with Gasteiger partial charge in [0.25, 0.3) is 5.91 Å². The molecule has 1 amide bonds. The molecule has 1 atom stereocenters. The predicted molar refractivity (Wildman–Crippen MR) is 113 cm³/mol. The number of rotatable bonds is 5. The van der Waals surface area contributed by atoms with Gasteiger partial charge in [0.1, 0.15) is 11.5 Å². The number of halogens is 1. The maximum absolute atomic E-state index is 12.9. The van der Waals surface area contributed by atoms with Crippen LogP contribution in [-0.2, 0) is 17.7 Å². The second-order valence-electron chi connectivity index (χ2n) is 8.52. The van der Waals surface area contributed by atoms with Crippen LogP contribution in [0.1, 0.15) is 54.6 Å². The normalized spacial score (nSPS) is 20.1. The quantitative estimate of drug-likeness (QED) is 0.810. The topological polar surface area (TPSA) is 59.4 Å². The zero-order valence-corrected chi connectivity index (χ0v) is 17.9. The number of carbonyl (C=O) groups excluding carboxylic acids is 1. The van der Waals surface area contributed by atoms with Crippen LogP contribution in [0.15, 0.2) is 30.5 Å². The number of nitrogens with zero attached hydrogens (tertiary/aromatic N) is 3. The lowest BCUT2D eigenvalue weighted by Gasteiger charge is -2.42. The summed E-state index contributed by atoms with van der Waals surface area (Å²) >= 11 is 6.10. The van der Waals surface area contributed by atoms with Gasteiger partial charge >= 0.3 is 0 Å². The fourth-order valence-electron chi connectivity index (χ4n) is 4.34. The summed E-state index contributed by atoms with van der Waals surface area (Å²) in [5, 5.41) is 3.87. The number of ether oxygens (including phenoxy) is 1. The monoisotopic (exact) mass is 416 g/mol. The Morgan fingerprint density at radius 3 is 2.83 bits per heavy atom. The predicted octanol–water partition coefficient (Wildman–Crippen LogP) is 3.45. The molecule has 1 saturated heterocycles. The van der Waals surface area contributed by atoms with Gasteiger partial charge in [-0.1, -0.05) is 23.7 Å². The van der Waals surface area contributed by atoms with Crippen LogP contribution in [0.3, 0.4) is 0 Å². The molecule has 156 valence electrons. The first-order chi connectivity index (χ1) is 13.9. The van der Waals surface area contributed by atoms with Crippen LogP contribution in [0.5, 0.6) is 0 Å². The number of hydrogen-bond donors (Lipinski definition) is 1. The molecule has 0 saturated carbocycles. The van der Waals surface area contributed by atoms with E-state index in [1.165, 1.54) is 0 Å². The number of benzene rings is 1. The summed E-state index contributed by atoms with van der Waals surface area (Å²) in [7, 11) is 0. The first-order valence-corrected chi connectivity index (χ1v) is 10.8. The third-order valence-corrected chi connectivity index (χ3v) is 6.06. The molecule has 2 aromatic rings. The van der Waals surface area contributed by atoms with Crippen molar-refractivity contribution in [2.24, 2.45) is 0 Å². The summed E-state index contributed by atoms with van der Waals surface area (Å²) < 4.78 is 7.95. The Morgan fingerprint density at radius 1 is 1.28 bits per heavy atom. The Balaban J connectivity index is 1.51. The van der Waals surface area contributed by atoms with Crippen molar-refractivity contribution < 1.29 is 9.53 Å². The van der Waals surface area contributed by atoms with Crippen molar-refractivity contribution in [2.75, 3.05) is 26.2 Å². The Bertz CT molecular complexity index is 862. The van der Waals surface area contributed by atoms with E-state index in [9.17, 15) is 4.79 Å². The van der Waals surface area contributed by atoms with Crippen LogP contribution < -0.4 is 5.32 Å². The lowest BCUT2D eigenvalue weighted by Crippen LogP contribution is -2.51. The zero-order chi connectivity index (χ0) is 20.4. The summed E-state index contributed by atoms with van der Waals surface area (Å²) in [4.78, 5) is 19.8. The SMILES string of the molecule is CC1(C)CN(C(CNC(=O)c2cnc3n2CCCC3)c2ccc(Cl)cc2)CCO1.